The number of amides is 2. The number of likely N-dealkylation sites (tertiary alicyclic amines) is 1. The molecule has 4 aromatic rings. The molecule has 1 atom stereocenters. The van der Waals surface area contributed by atoms with Gasteiger partial charge >= 0.3 is 12.3 Å². The topological polar surface area (TPSA) is 128 Å². The highest BCUT2D eigenvalue weighted by atomic mass is 35.5. The number of nitrogens with zero attached hydrogens (tertiary/aromatic N) is 4. The average Bonchev–Trinajstić information content (AvgIpc) is 3.50. The van der Waals surface area contributed by atoms with Crippen molar-refractivity contribution >= 4 is 51.7 Å². The molecule has 0 spiro atoms. The van der Waals surface area contributed by atoms with Gasteiger partial charge in [0.25, 0.3) is 0 Å². The van der Waals surface area contributed by atoms with Crippen LogP contribution in [0.3, 0.4) is 0 Å². The molecule has 47 heavy (non-hydrogen) atoms. The number of anilines is 3. The Labute approximate surface area is 273 Å². The summed E-state index contributed by atoms with van der Waals surface area (Å²) in [5.41, 5.74) is 0.665. The molecule has 5 rings (SSSR count). The Kier molecular flexibility index (Phi) is 9.89. The molecule has 0 bridgehead atoms. The van der Waals surface area contributed by atoms with Gasteiger partial charge in [-0.25, -0.2) is 14.8 Å². The largest absolute Gasteiger partial charge is 0.486 e. The van der Waals surface area contributed by atoms with E-state index >= 15 is 0 Å². The number of fused-ring (bicyclic) bond motifs is 1. The van der Waals surface area contributed by atoms with Crippen molar-refractivity contribution in [3.63, 3.8) is 0 Å². The van der Waals surface area contributed by atoms with Gasteiger partial charge in [0.1, 0.15) is 41.9 Å². The Morgan fingerprint density at radius 1 is 1.02 bits per heavy atom. The summed E-state index contributed by atoms with van der Waals surface area (Å²) in [6.45, 7) is 4.04. The van der Waals surface area contributed by atoms with Crippen molar-refractivity contribution in [1.82, 2.24) is 19.9 Å². The molecule has 15 heteroatoms. The van der Waals surface area contributed by atoms with E-state index in [1.165, 1.54) is 23.4 Å². The number of pyridine rings is 1. The Morgan fingerprint density at radius 3 is 2.53 bits per heavy atom. The van der Waals surface area contributed by atoms with Crippen LogP contribution < -0.4 is 20.1 Å². The second-order valence-electron chi connectivity index (χ2n) is 11.7. The molecule has 0 radical (unpaired) electrons. The summed E-state index contributed by atoms with van der Waals surface area (Å²) in [6, 6.07) is 12.3. The predicted molar refractivity (Wildman–Crippen MR) is 169 cm³/mol. The van der Waals surface area contributed by atoms with Crippen molar-refractivity contribution in [2.24, 2.45) is 0 Å². The van der Waals surface area contributed by atoms with Gasteiger partial charge in [0, 0.05) is 29.9 Å². The number of aromatic nitrogens is 3. The number of halogens is 4. The number of nitrogens with one attached hydrogen (secondary N) is 2. The van der Waals surface area contributed by atoms with E-state index in [2.05, 4.69) is 25.6 Å². The van der Waals surface area contributed by atoms with Crippen molar-refractivity contribution in [3.05, 3.63) is 71.8 Å². The minimum Gasteiger partial charge on any atom is -0.486 e. The highest BCUT2D eigenvalue weighted by Crippen LogP contribution is 2.36. The number of ether oxygens (including phenoxy) is 3. The lowest BCUT2D eigenvalue weighted by Crippen LogP contribution is -2.45. The van der Waals surface area contributed by atoms with Crippen LogP contribution in [0.15, 0.2) is 61.1 Å². The summed E-state index contributed by atoms with van der Waals surface area (Å²) >= 11 is 6.48. The Morgan fingerprint density at radius 2 is 1.83 bits per heavy atom. The molecule has 3 heterocycles. The van der Waals surface area contributed by atoms with Gasteiger partial charge < -0.3 is 24.8 Å². The molecule has 2 N–H and O–H groups in total. The fourth-order valence-corrected chi connectivity index (χ4v) is 5.06. The molecule has 1 aliphatic rings. The van der Waals surface area contributed by atoms with Gasteiger partial charge in [-0.05, 0) is 70.0 Å². The SMILES string of the molecule is CC(C)(C)OC(=O)N1CCC[C@H]1C(=O)Nc1cc2c(Nc3ccc(OCc4ccccn4)c(Cl)c3)ncnc2cc1OCC(F)(F)F. The standard InChI is InChI=1S/C32H32ClF3N6O5/c1-31(2,3)47-30(44)42-12-6-8-25(42)29(43)41-24-14-21-23(15-27(24)46-17-32(34,35)36)38-18-39-28(21)40-19-9-10-26(22(33)13-19)45-16-20-7-4-5-11-37-20/h4-5,7,9-11,13-15,18,25H,6,8,12,16-17H2,1-3H3,(H,41,43)(H,38,39,40)/t25-/m0/s1. The van der Waals surface area contributed by atoms with Crippen LogP contribution in [0.5, 0.6) is 11.5 Å². The first-order chi connectivity index (χ1) is 22.3. The number of alkyl halides is 3. The van der Waals surface area contributed by atoms with E-state index in [4.69, 9.17) is 25.8 Å². The average molecular weight is 673 g/mol. The summed E-state index contributed by atoms with van der Waals surface area (Å²) < 4.78 is 55.8. The fraction of sp³-hybridized carbons (Fsp3) is 0.344. The maximum Gasteiger partial charge on any atom is 0.422 e. The van der Waals surface area contributed by atoms with Gasteiger partial charge in [0.05, 0.1) is 21.9 Å². The minimum absolute atomic E-state index is 0.0584. The van der Waals surface area contributed by atoms with Crippen LogP contribution in [0.4, 0.5) is 35.2 Å². The zero-order valence-corrected chi connectivity index (χ0v) is 26.5. The third kappa shape index (κ3) is 8.91. The Hall–Kier alpha value is -4.85. The highest BCUT2D eigenvalue weighted by Gasteiger charge is 2.37. The molecule has 2 aromatic carbocycles. The second kappa shape index (κ2) is 13.9. The quantitative estimate of drug-likeness (QED) is 0.189. The lowest BCUT2D eigenvalue weighted by atomic mass is 10.1. The summed E-state index contributed by atoms with van der Waals surface area (Å²) in [5.74, 6) is -0.155. The first-order valence-corrected chi connectivity index (χ1v) is 15.0. The Bertz CT molecular complexity index is 1750. The smallest absolute Gasteiger partial charge is 0.422 e. The van der Waals surface area contributed by atoms with Crippen molar-refractivity contribution in [2.75, 3.05) is 23.8 Å². The van der Waals surface area contributed by atoms with Gasteiger partial charge in [0.15, 0.2) is 6.61 Å². The van der Waals surface area contributed by atoms with E-state index in [1.54, 1.807) is 51.2 Å². The molecule has 1 saturated heterocycles. The molecule has 1 aliphatic heterocycles. The van der Waals surface area contributed by atoms with Crippen LogP contribution in [-0.4, -0.2) is 62.8 Å². The molecule has 0 unspecified atom stereocenters. The van der Waals surface area contributed by atoms with Crippen LogP contribution in [0, 0.1) is 0 Å². The first-order valence-electron chi connectivity index (χ1n) is 14.6. The monoisotopic (exact) mass is 672 g/mol. The zero-order chi connectivity index (χ0) is 33.8. The third-order valence-corrected chi connectivity index (χ3v) is 7.16. The van der Waals surface area contributed by atoms with Crippen molar-refractivity contribution in [3.8, 4) is 11.5 Å². The Balaban J connectivity index is 1.40. The summed E-state index contributed by atoms with van der Waals surface area (Å²) in [7, 11) is 0. The second-order valence-corrected chi connectivity index (χ2v) is 12.1. The number of hydrogen-bond acceptors (Lipinski definition) is 9. The minimum atomic E-state index is -4.64. The number of hydrogen-bond donors (Lipinski definition) is 2. The van der Waals surface area contributed by atoms with Crippen LogP contribution >= 0.6 is 11.6 Å². The van der Waals surface area contributed by atoms with E-state index in [0.29, 0.717) is 41.2 Å². The summed E-state index contributed by atoms with van der Waals surface area (Å²) in [4.78, 5) is 40.3. The van der Waals surface area contributed by atoms with Crippen LogP contribution in [0.1, 0.15) is 39.3 Å². The van der Waals surface area contributed by atoms with Gasteiger partial charge in [0.2, 0.25) is 5.91 Å². The summed E-state index contributed by atoms with van der Waals surface area (Å²) in [6.07, 6.45) is -1.51. The molecule has 2 aromatic heterocycles. The zero-order valence-electron chi connectivity index (χ0n) is 25.7. The van der Waals surface area contributed by atoms with Gasteiger partial charge in [-0.1, -0.05) is 17.7 Å². The van der Waals surface area contributed by atoms with E-state index in [9.17, 15) is 22.8 Å². The van der Waals surface area contributed by atoms with Crippen LogP contribution in [-0.2, 0) is 16.1 Å². The maximum absolute atomic E-state index is 13.5. The van der Waals surface area contributed by atoms with Crippen LogP contribution in [0.2, 0.25) is 5.02 Å². The summed E-state index contributed by atoms with van der Waals surface area (Å²) in [5, 5.41) is 6.47. The van der Waals surface area contributed by atoms with Crippen molar-refractivity contribution in [2.45, 2.75) is 58.0 Å². The number of carbonyl (C=O) groups excluding carboxylic acids is 2. The normalized spacial score (nSPS) is 15.0. The number of benzene rings is 2. The first kappa shape index (κ1) is 33.5. The van der Waals surface area contributed by atoms with Gasteiger partial charge in [-0.2, -0.15) is 13.2 Å². The molecule has 2 amide bonds. The van der Waals surface area contributed by atoms with Gasteiger partial charge in [-0.3, -0.25) is 14.7 Å². The van der Waals surface area contributed by atoms with E-state index in [1.807, 2.05) is 12.1 Å². The molecular formula is C32H32ClF3N6O5. The van der Waals surface area contributed by atoms with Crippen LogP contribution in [0.25, 0.3) is 10.9 Å². The third-order valence-electron chi connectivity index (χ3n) is 6.87. The molecule has 248 valence electrons. The molecule has 0 aliphatic carbocycles. The lowest BCUT2D eigenvalue weighted by molar-refractivity contribution is -0.153. The van der Waals surface area contributed by atoms with E-state index < -0.39 is 36.4 Å². The van der Waals surface area contributed by atoms with E-state index in [0.717, 1.165) is 5.69 Å². The van der Waals surface area contributed by atoms with Crippen molar-refractivity contribution in [1.29, 1.82) is 0 Å². The maximum atomic E-state index is 13.5. The fourth-order valence-electron chi connectivity index (χ4n) is 4.82. The molecule has 1 fully saturated rings. The molecule has 11 nitrogen and oxygen atoms in total. The number of rotatable bonds is 9. The van der Waals surface area contributed by atoms with Crippen molar-refractivity contribution < 1.29 is 37.0 Å². The molecular weight excluding hydrogens is 641 g/mol. The number of carbonyl (C=O) groups is 2. The van der Waals surface area contributed by atoms with Gasteiger partial charge in [-0.15, -0.1) is 0 Å². The molecule has 0 saturated carbocycles. The predicted octanol–water partition coefficient (Wildman–Crippen LogP) is 7.28. The highest BCUT2D eigenvalue weighted by molar-refractivity contribution is 6.32. The lowest BCUT2D eigenvalue weighted by Gasteiger charge is -2.28. The van der Waals surface area contributed by atoms with E-state index in [-0.39, 0.29) is 29.4 Å².